The molecular weight excluding hydrogens is 230 g/mol. The summed E-state index contributed by atoms with van der Waals surface area (Å²) in [5.41, 5.74) is 4.27. The Morgan fingerprint density at radius 3 is 2.11 bits per heavy atom. The molecule has 0 saturated heterocycles. The molecule has 0 aliphatic rings. The van der Waals surface area contributed by atoms with Crippen molar-refractivity contribution in [3.63, 3.8) is 0 Å². The molecule has 0 amide bonds. The van der Waals surface area contributed by atoms with Crippen molar-refractivity contribution in [1.82, 2.24) is 0 Å². The van der Waals surface area contributed by atoms with Crippen molar-refractivity contribution in [3.8, 4) is 0 Å². The maximum Gasteiger partial charge on any atom is 0.0463 e. The van der Waals surface area contributed by atoms with Crippen LogP contribution in [0, 0.1) is 0 Å². The average molecular weight is 251 g/mol. The smallest absolute Gasteiger partial charge is 0.0463 e. The summed E-state index contributed by atoms with van der Waals surface area (Å²) in [7, 11) is 0. The first-order valence-electron chi connectivity index (χ1n) is 6.55. The summed E-state index contributed by atoms with van der Waals surface area (Å²) >= 11 is 0. The Labute approximate surface area is 116 Å². The van der Waals surface area contributed by atoms with Gasteiger partial charge in [0, 0.05) is 16.9 Å². The molecule has 98 valence electrons. The molecule has 0 fully saturated rings. The quantitative estimate of drug-likeness (QED) is 0.730. The van der Waals surface area contributed by atoms with Gasteiger partial charge >= 0.3 is 0 Å². The fourth-order valence-electron chi connectivity index (χ4n) is 1.77. The third-order valence-electron chi connectivity index (χ3n) is 2.62. The fraction of sp³-hybridized carbons (Fsp3) is 0.111. The lowest BCUT2D eigenvalue weighted by Crippen LogP contribution is -1.94. The molecule has 0 aliphatic heterocycles. The van der Waals surface area contributed by atoms with Crippen LogP contribution in [-0.2, 0) is 0 Å². The standard InChI is InChI=1S/C16H15N.C2H6/c1-3-13-9-8-12-16(15(13)4-2)17-14-10-6-5-7-11-14;1-2/h3-12,17H,1-2H2;1-2H3. The van der Waals surface area contributed by atoms with Crippen LogP contribution in [0.2, 0.25) is 0 Å². The lowest BCUT2D eigenvalue weighted by Gasteiger charge is -2.11. The van der Waals surface area contributed by atoms with Crippen LogP contribution in [0.1, 0.15) is 25.0 Å². The van der Waals surface area contributed by atoms with Gasteiger partial charge in [-0.05, 0) is 23.8 Å². The molecule has 0 saturated carbocycles. The minimum atomic E-state index is 1.05. The zero-order chi connectivity index (χ0) is 14.1. The molecule has 0 heterocycles. The summed E-state index contributed by atoms with van der Waals surface area (Å²) in [4.78, 5) is 0. The van der Waals surface area contributed by atoms with E-state index in [9.17, 15) is 0 Å². The van der Waals surface area contributed by atoms with E-state index in [0.29, 0.717) is 0 Å². The molecule has 19 heavy (non-hydrogen) atoms. The van der Waals surface area contributed by atoms with E-state index >= 15 is 0 Å². The summed E-state index contributed by atoms with van der Waals surface area (Å²) in [6.07, 6.45) is 3.69. The first-order valence-corrected chi connectivity index (χ1v) is 6.55. The van der Waals surface area contributed by atoms with Crippen LogP contribution in [-0.4, -0.2) is 0 Å². The molecule has 0 radical (unpaired) electrons. The molecule has 0 unspecified atom stereocenters. The fourth-order valence-corrected chi connectivity index (χ4v) is 1.77. The van der Waals surface area contributed by atoms with E-state index in [4.69, 9.17) is 0 Å². The Hall–Kier alpha value is -2.28. The number of nitrogens with one attached hydrogen (secondary N) is 1. The van der Waals surface area contributed by atoms with Gasteiger partial charge < -0.3 is 5.32 Å². The summed E-state index contributed by atoms with van der Waals surface area (Å²) in [5.74, 6) is 0. The van der Waals surface area contributed by atoms with Crippen LogP contribution in [0.4, 0.5) is 11.4 Å². The molecular formula is C18H21N. The molecule has 2 aromatic rings. The van der Waals surface area contributed by atoms with Gasteiger partial charge in [-0.15, -0.1) is 0 Å². The Bertz CT molecular complexity index is 527. The topological polar surface area (TPSA) is 12.0 Å². The Morgan fingerprint density at radius 2 is 1.53 bits per heavy atom. The highest BCUT2D eigenvalue weighted by molar-refractivity contribution is 5.77. The van der Waals surface area contributed by atoms with Crippen molar-refractivity contribution in [2.24, 2.45) is 0 Å². The highest BCUT2D eigenvalue weighted by Gasteiger charge is 2.02. The highest BCUT2D eigenvalue weighted by atomic mass is 14.9. The van der Waals surface area contributed by atoms with E-state index < -0.39 is 0 Å². The van der Waals surface area contributed by atoms with Gasteiger partial charge in [0.05, 0.1) is 0 Å². The minimum absolute atomic E-state index is 1.05. The van der Waals surface area contributed by atoms with E-state index in [-0.39, 0.29) is 0 Å². The molecule has 1 nitrogen and oxygen atoms in total. The summed E-state index contributed by atoms with van der Waals surface area (Å²) in [6, 6.07) is 16.2. The van der Waals surface area contributed by atoms with Crippen LogP contribution in [0.15, 0.2) is 61.7 Å². The third kappa shape index (κ3) is 3.85. The number of para-hydroxylation sites is 1. The number of anilines is 2. The van der Waals surface area contributed by atoms with Gasteiger partial charge in [0.15, 0.2) is 0 Å². The number of benzene rings is 2. The first-order chi connectivity index (χ1) is 9.35. The average Bonchev–Trinajstić information content (AvgIpc) is 2.50. The van der Waals surface area contributed by atoms with Gasteiger partial charge in [-0.25, -0.2) is 0 Å². The second-order valence-corrected chi connectivity index (χ2v) is 3.71. The largest absolute Gasteiger partial charge is 0.355 e. The van der Waals surface area contributed by atoms with Crippen molar-refractivity contribution in [2.75, 3.05) is 5.32 Å². The van der Waals surface area contributed by atoms with Gasteiger partial charge in [0.2, 0.25) is 0 Å². The van der Waals surface area contributed by atoms with Gasteiger partial charge in [-0.2, -0.15) is 0 Å². The number of hydrogen-bond donors (Lipinski definition) is 1. The van der Waals surface area contributed by atoms with E-state index in [1.165, 1.54) is 0 Å². The highest BCUT2D eigenvalue weighted by Crippen LogP contribution is 2.25. The van der Waals surface area contributed by atoms with Crippen molar-refractivity contribution in [2.45, 2.75) is 13.8 Å². The molecule has 2 aromatic carbocycles. The van der Waals surface area contributed by atoms with Crippen LogP contribution < -0.4 is 5.32 Å². The molecule has 0 aromatic heterocycles. The lowest BCUT2D eigenvalue weighted by molar-refractivity contribution is 1.50. The van der Waals surface area contributed by atoms with Gasteiger partial charge in [-0.3, -0.25) is 0 Å². The molecule has 0 spiro atoms. The second-order valence-electron chi connectivity index (χ2n) is 3.71. The third-order valence-corrected chi connectivity index (χ3v) is 2.62. The van der Waals surface area contributed by atoms with Gasteiger partial charge in [0.1, 0.15) is 0 Å². The Kier molecular flexibility index (Phi) is 6.17. The van der Waals surface area contributed by atoms with E-state index in [2.05, 4.69) is 18.5 Å². The molecule has 0 atom stereocenters. The minimum Gasteiger partial charge on any atom is -0.355 e. The van der Waals surface area contributed by atoms with Crippen LogP contribution in [0.5, 0.6) is 0 Å². The van der Waals surface area contributed by atoms with E-state index in [1.807, 2.05) is 74.5 Å². The zero-order valence-corrected chi connectivity index (χ0v) is 11.7. The number of hydrogen-bond acceptors (Lipinski definition) is 1. The SMILES string of the molecule is C=Cc1cccc(Nc2ccccc2)c1C=C.CC. The summed E-state index contributed by atoms with van der Waals surface area (Å²) < 4.78 is 0. The zero-order valence-electron chi connectivity index (χ0n) is 11.7. The normalized spacial score (nSPS) is 8.95. The van der Waals surface area contributed by atoms with Crippen molar-refractivity contribution in [1.29, 1.82) is 0 Å². The first kappa shape index (κ1) is 14.8. The van der Waals surface area contributed by atoms with Crippen LogP contribution >= 0.6 is 0 Å². The molecule has 1 heteroatoms. The van der Waals surface area contributed by atoms with Crippen LogP contribution in [0.25, 0.3) is 12.2 Å². The summed E-state index contributed by atoms with van der Waals surface area (Å²) in [5, 5.41) is 3.38. The molecule has 2 rings (SSSR count). The maximum absolute atomic E-state index is 3.85. The van der Waals surface area contributed by atoms with Crippen LogP contribution in [0.3, 0.4) is 0 Å². The van der Waals surface area contributed by atoms with Crippen molar-refractivity contribution >= 4 is 23.5 Å². The predicted octanol–water partition coefficient (Wildman–Crippen LogP) is 5.74. The maximum atomic E-state index is 3.85. The van der Waals surface area contributed by atoms with Crippen molar-refractivity contribution < 1.29 is 0 Å². The van der Waals surface area contributed by atoms with E-state index in [0.717, 1.165) is 22.5 Å². The number of rotatable bonds is 4. The Balaban J connectivity index is 0.000000861. The molecule has 0 bridgehead atoms. The lowest BCUT2D eigenvalue weighted by atomic mass is 10.1. The van der Waals surface area contributed by atoms with Gasteiger partial charge in [-0.1, -0.05) is 69.5 Å². The van der Waals surface area contributed by atoms with Gasteiger partial charge in [0.25, 0.3) is 0 Å². The molecule has 0 aliphatic carbocycles. The Morgan fingerprint density at radius 1 is 0.842 bits per heavy atom. The predicted molar refractivity (Wildman–Crippen MR) is 87.7 cm³/mol. The summed E-state index contributed by atoms with van der Waals surface area (Å²) in [6.45, 7) is 11.7. The van der Waals surface area contributed by atoms with Crippen molar-refractivity contribution in [3.05, 3.63) is 72.8 Å². The molecule has 1 N–H and O–H groups in total. The van der Waals surface area contributed by atoms with E-state index in [1.54, 1.807) is 0 Å². The second kappa shape index (κ2) is 7.93. The monoisotopic (exact) mass is 251 g/mol.